The number of carbonyl (C=O) groups excluding carboxylic acids is 1. The van der Waals surface area contributed by atoms with Crippen LogP contribution in [0.4, 0.5) is 19.0 Å². The molecule has 0 saturated heterocycles. The molecule has 0 bridgehead atoms. The molecule has 178 valence electrons. The monoisotopic (exact) mass is 528 g/mol. The lowest BCUT2D eigenvalue weighted by Crippen LogP contribution is -2.43. The first-order chi connectivity index (χ1) is 16.0. The molecule has 0 fully saturated rings. The van der Waals surface area contributed by atoms with Gasteiger partial charge in [-0.25, -0.2) is 9.67 Å². The first kappa shape index (κ1) is 24.6. The molecule has 2 atom stereocenters. The highest BCUT2D eigenvalue weighted by Gasteiger charge is 2.43. The van der Waals surface area contributed by atoms with Crippen LogP contribution in [0.2, 0.25) is 15.1 Å². The van der Waals surface area contributed by atoms with Crippen LogP contribution < -0.4 is 0 Å². The fourth-order valence-corrected chi connectivity index (χ4v) is 4.47. The van der Waals surface area contributed by atoms with Gasteiger partial charge in [0.1, 0.15) is 5.92 Å². The number of halogens is 6. The summed E-state index contributed by atoms with van der Waals surface area (Å²) in [4.78, 5) is 19.4. The van der Waals surface area contributed by atoms with Crippen molar-refractivity contribution in [2.45, 2.75) is 25.7 Å². The van der Waals surface area contributed by atoms with Crippen molar-refractivity contribution in [2.75, 3.05) is 7.05 Å². The summed E-state index contributed by atoms with van der Waals surface area (Å²) in [7, 11) is 1.60. The molecule has 0 spiro atoms. The molecule has 2 aromatic carbocycles. The molecule has 1 aliphatic heterocycles. The van der Waals surface area contributed by atoms with E-state index in [1.165, 1.54) is 17.0 Å². The predicted octanol–water partition coefficient (Wildman–Crippen LogP) is 6.83. The average molecular weight is 530 g/mol. The maximum absolute atomic E-state index is 13.7. The van der Waals surface area contributed by atoms with Gasteiger partial charge in [-0.05, 0) is 36.2 Å². The zero-order chi connectivity index (χ0) is 24.8. The molecule has 0 radical (unpaired) electrons. The molecule has 3 aromatic rings. The minimum atomic E-state index is -4.67. The second-order valence-corrected chi connectivity index (χ2v) is 9.19. The third-order valence-electron chi connectivity index (χ3n) is 5.62. The molecule has 1 aliphatic rings. The van der Waals surface area contributed by atoms with Gasteiger partial charge in [0.15, 0.2) is 11.5 Å². The quantitative estimate of drug-likeness (QED) is 0.372. The fraction of sp³-hybridized carbons (Fsp3) is 0.261. The van der Waals surface area contributed by atoms with Gasteiger partial charge in [0, 0.05) is 30.4 Å². The minimum absolute atomic E-state index is 0.00120. The van der Waals surface area contributed by atoms with E-state index in [4.69, 9.17) is 34.8 Å². The number of fused-ring (bicyclic) bond motifs is 1. The Balaban J connectivity index is 1.79. The Hall–Kier alpha value is -2.55. The van der Waals surface area contributed by atoms with E-state index in [0.717, 1.165) is 16.3 Å². The molecule has 11 heteroatoms. The highest BCUT2D eigenvalue weighted by Crippen LogP contribution is 2.41. The summed E-state index contributed by atoms with van der Waals surface area (Å²) in [5.74, 6) is -1.29. The van der Waals surface area contributed by atoms with Crippen molar-refractivity contribution < 1.29 is 18.0 Å². The molecule has 0 saturated carbocycles. The maximum Gasteiger partial charge on any atom is 0.435 e. The maximum atomic E-state index is 13.7. The third-order valence-corrected chi connectivity index (χ3v) is 6.73. The van der Waals surface area contributed by atoms with Gasteiger partial charge in [-0.15, -0.1) is 0 Å². The Bertz CT molecular complexity index is 1290. The standard InChI is InChI=1S/C23H18Cl3F3N4O/c1-12-20(22(34)32(2)11-14-5-3-4-6-15(14)24)21(13-7-8-16(25)17(26)9-13)33-19(30-12)10-18(31-33)23(27,28)29/h3-10,20-21H,11H2,1-2H3. The van der Waals surface area contributed by atoms with E-state index in [0.29, 0.717) is 16.3 Å². The van der Waals surface area contributed by atoms with Gasteiger partial charge < -0.3 is 4.90 Å². The van der Waals surface area contributed by atoms with Gasteiger partial charge in [-0.2, -0.15) is 18.3 Å². The van der Waals surface area contributed by atoms with Gasteiger partial charge in [0.2, 0.25) is 5.91 Å². The fourth-order valence-electron chi connectivity index (χ4n) is 3.97. The highest BCUT2D eigenvalue weighted by molar-refractivity contribution is 6.42. The van der Waals surface area contributed by atoms with E-state index < -0.39 is 23.8 Å². The summed E-state index contributed by atoms with van der Waals surface area (Å²) in [6.45, 7) is 1.82. The number of nitrogens with zero attached hydrogens (tertiary/aromatic N) is 4. The van der Waals surface area contributed by atoms with Crippen molar-refractivity contribution in [3.05, 3.63) is 80.4 Å². The van der Waals surface area contributed by atoms with E-state index in [2.05, 4.69) is 10.1 Å². The molecule has 34 heavy (non-hydrogen) atoms. The molecule has 2 heterocycles. The summed E-state index contributed by atoms with van der Waals surface area (Å²) < 4.78 is 41.4. The van der Waals surface area contributed by atoms with Gasteiger partial charge in [0.25, 0.3) is 0 Å². The van der Waals surface area contributed by atoms with E-state index in [9.17, 15) is 18.0 Å². The Labute approximate surface area is 208 Å². The van der Waals surface area contributed by atoms with E-state index in [-0.39, 0.29) is 28.3 Å². The van der Waals surface area contributed by atoms with Crippen LogP contribution in [-0.4, -0.2) is 33.3 Å². The van der Waals surface area contributed by atoms with Crippen LogP contribution >= 0.6 is 34.8 Å². The predicted molar refractivity (Wildman–Crippen MR) is 126 cm³/mol. The number of aliphatic imine (C=N–C) groups is 1. The van der Waals surface area contributed by atoms with Gasteiger partial charge in [-0.3, -0.25) is 4.79 Å². The van der Waals surface area contributed by atoms with Crippen LogP contribution in [0.15, 0.2) is 53.5 Å². The Morgan fingerprint density at radius 2 is 1.76 bits per heavy atom. The molecule has 4 rings (SSSR count). The normalized spacial score (nSPS) is 17.8. The number of benzene rings is 2. The highest BCUT2D eigenvalue weighted by atomic mass is 35.5. The number of hydrogen-bond acceptors (Lipinski definition) is 3. The van der Waals surface area contributed by atoms with Gasteiger partial charge in [-0.1, -0.05) is 59.1 Å². The number of carbonyl (C=O) groups is 1. The first-order valence-electron chi connectivity index (χ1n) is 10.1. The van der Waals surface area contributed by atoms with Crippen LogP contribution in [0.25, 0.3) is 0 Å². The molecule has 1 amide bonds. The summed E-state index contributed by atoms with van der Waals surface area (Å²) in [5.41, 5.74) is 0.469. The Morgan fingerprint density at radius 1 is 1.06 bits per heavy atom. The molecular weight excluding hydrogens is 512 g/mol. The van der Waals surface area contributed by atoms with E-state index in [1.54, 1.807) is 44.3 Å². The van der Waals surface area contributed by atoms with Crippen molar-refractivity contribution in [1.82, 2.24) is 14.7 Å². The number of rotatable bonds is 4. The molecule has 5 nitrogen and oxygen atoms in total. The van der Waals surface area contributed by atoms with Crippen LogP contribution in [0, 0.1) is 5.92 Å². The summed E-state index contributed by atoms with van der Waals surface area (Å²) in [5, 5.41) is 4.76. The minimum Gasteiger partial charge on any atom is -0.341 e. The second-order valence-electron chi connectivity index (χ2n) is 7.97. The van der Waals surface area contributed by atoms with Crippen molar-refractivity contribution in [3.63, 3.8) is 0 Å². The molecule has 2 unspecified atom stereocenters. The second kappa shape index (κ2) is 9.24. The number of aromatic nitrogens is 2. The summed E-state index contributed by atoms with van der Waals surface area (Å²) >= 11 is 18.5. The largest absolute Gasteiger partial charge is 0.435 e. The lowest BCUT2D eigenvalue weighted by molar-refractivity contribution is -0.141. The topological polar surface area (TPSA) is 50.5 Å². The van der Waals surface area contributed by atoms with Crippen LogP contribution in [0.1, 0.15) is 29.8 Å². The molecule has 1 aromatic heterocycles. The molecule has 0 aliphatic carbocycles. The van der Waals surface area contributed by atoms with Crippen molar-refractivity contribution >= 4 is 52.2 Å². The van der Waals surface area contributed by atoms with E-state index >= 15 is 0 Å². The van der Waals surface area contributed by atoms with Crippen molar-refractivity contribution in [2.24, 2.45) is 10.9 Å². The van der Waals surface area contributed by atoms with E-state index in [1.807, 2.05) is 0 Å². The Morgan fingerprint density at radius 3 is 2.41 bits per heavy atom. The molecule has 0 N–H and O–H groups in total. The van der Waals surface area contributed by atoms with Crippen LogP contribution in [-0.2, 0) is 17.5 Å². The number of amides is 1. The zero-order valence-electron chi connectivity index (χ0n) is 17.9. The van der Waals surface area contributed by atoms with Gasteiger partial charge >= 0.3 is 6.18 Å². The Kier molecular flexibility index (Phi) is 6.68. The smallest absolute Gasteiger partial charge is 0.341 e. The average Bonchev–Trinajstić information content (AvgIpc) is 3.20. The third kappa shape index (κ3) is 4.67. The lowest BCUT2D eigenvalue weighted by atomic mass is 9.87. The zero-order valence-corrected chi connectivity index (χ0v) is 20.2. The first-order valence-corrected chi connectivity index (χ1v) is 11.3. The van der Waals surface area contributed by atoms with Crippen molar-refractivity contribution in [1.29, 1.82) is 0 Å². The van der Waals surface area contributed by atoms with Crippen LogP contribution in [0.3, 0.4) is 0 Å². The van der Waals surface area contributed by atoms with Crippen molar-refractivity contribution in [3.8, 4) is 0 Å². The lowest BCUT2D eigenvalue weighted by Gasteiger charge is -2.34. The van der Waals surface area contributed by atoms with Crippen LogP contribution in [0.5, 0.6) is 0 Å². The SMILES string of the molecule is CC1=Nc2cc(C(F)(F)F)nn2C(c2ccc(Cl)c(Cl)c2)C1C(=O)N(C)Cc1ccccc1Cl. The van der Waals surface area contributed by atoms with Gasteiger partial charge in [0.05, 0.1) is 16.1 Å². The summed E-state index contributed by atoms with van der Waals surface area (Å²) in [6.07, 6.45) is -4.67. The number of alkyl halides is 3. The molecular formula is C23H18Cl3F3N4O. The number of hydrogen-bond donors (Lipinski definition) is 0. The summed E-state index contributed by atoms with van der Waals surface area (Å²) in [6, 6.07) is 11.7.